The number of phenols is 1. The van der Waals surface area contributed by atoms with Crippen LogP contribution < -0.4 is 9.64 Å². The van der Waals surface area contributed by atoms with Crippen molar-refractivity contribution in [2.45, 2.75) is 12.5 Å². The van der Waals surface area contributed by atoms with Gasteiger partial charge < -0.3 is 9.84 Å². The lowest BCUT2D eigenvalue weighted by molar-refractivity contribution is -0.126. The molecule has 3 rings (SSSR count). The Morgan fingerprint density at radius 3 is 2.87 bits per heavy atom. The third kappa shape index (κ3) is 2.97. The number of amides is 1. The van der Waals surface area contributed by atoms with Crippen LogP contribution in [0.1, 0.15) is 5.56 Å². The molecule has 116 valence electrons. The molecule has 1 atom stereocenters. The maximum absolute atomic E-state index is 13.3. The van der Waals surface area contributed by atoms with Crippen LogP contribution in [0.5, 0.6) is 11.5 Å². The maximum Gasteiger partial charge on any atom is 0.269 e. The van der Waals surface area contributed by atoms with Crippen molar-refractivity contribution in [1.82, 2.24) is 0 Å². The highest BCUT2D eigenvalue weighted by molar-refractivity contribution is 6.00. The standard InChI is InChI=1S/C18H14FNO3/c1-2-8-20-15-7-6-14(21)11-16(15)23-17(18(20)22)10-12-4-3-5-13(19)9-12/h1,3-7,9,11,17,21H,8,10H2. The Morgan fingerprint density at radius 2 is 2.13 bits per heavy atom. The van der Waals surface area contributed by atoms with Crippen LogP contribution in [0.15, 0.2) is 42.5 Å². The molecule has 0 fully saturated rings. The number of carbonyl (C=O) groups excluding carboxylic acids is 1. The van der Waals surface area contributed by atoms with Crippen LogP contribution >= 0.6 is 0 Å². The third-order valence-electron chi connectivity index (χ3n) is 3.60. The Balaban J connectivity index is 1.93. The summed E-state index contributed by atoms with van der Waals surface area (Å²) in [7, 11) is 0. The van der Waals surface area contributed by atoms with Gasteiger partial charge in [0.1, 0.15) is 17.3 Å². The van der Waals surface area contributed by atoms with Crippen molar-refractivity contribution >= 4 is 11.6 Å². The van der Waals surface area contributed by atoms with Crippen LogP contribution in [0.25, 0.3) is 0 Å². The monoisotopic (exact) mass is 311 g/mol. The fourth-order valence-corrected chi connectivity index (χ4v) is 2.58. The minimum atomic E-state index is -0.820. The minimum absolute atomic E-state index is 0.0308. The van der Waals surface area contributed by atoms with Crippen LogP contribution in [0, 0.1) is 18.2 Å². The van der Waals surface area contributed by atoms with Crippen molar-refractivity contribution < 1.29 is 19.0 Å². The summed E-state index contributed by atoms with van der Waals surface area (Å²) in [5.41, 5.74) is 1.16. The summed E-state index contributed by atoms with van der Waals surface area (Å²) < 4.78 is 19.0. The molecule has 1 heterocycles. The number of benzene rings is 2. The van der Waals surface area contributed by atoms with Crippen LogP contribution in [0.2, 0.25) is 0 Å². The van der Waals surface area contributed by atoms with Gasteiger partial charge in [-0.2, -0.15) is 0 Å². The number of fused-ring (bicyclic) bond motifs is 1. The first-order chi connectivity index (χ1) is 11.1. The largest absolute Gasteiger partial charge is 0.508 e. The highest BCUT2D eigenvalue weighted by Gasteiger charge is 2.34. The zero-order valence-corrected chi connectivity index (χ0v) is 12.2. The number of terminal acetylenes is 1. The summed E-state index contributed by atoms with van der Waals surface area (Å²) in [6.07, 6.45) is 4.74. The second kappa shape index (κ2) is 6.01. The van der Waals surface area contributed by atoms with Gasteiger partial charge in [-0.3, -0.25) is 9.69 Å². The van der Waals surface area contributed by atoms with Crippen molar-refractivity contribution in [3.63, 3.8) is 0 Å². The molecule has 1 aliphatic heterocycles. The zero-order valence-electron chi connectivity index (χ0n) is 12.2. The molecule has 0 saturated heterocycles. The molecule has 0 aliphatic carbocycles. The molecule has 0 saturated carbocycles. The predicted octanol–water partition coefficient (Wildman–Crippen LogP) is 2.50. The molecule has 0 bridgehead atoms. The number of halogens is 1. The Kier molecular flexibility index (Phi) is 3.90. The molecule has 1 unspecified atom stereocenters. The Bertz CT molecular complexity index is 797. The molecule has 4 nitrogen and oxygen atoms in total. The fraction of sp³-hybridized carbons (Fsp3) is 0.167. The van der Waals surface area contributed by atoms with E-state index in [4.69, 9.17) is 11.2 Å². The molecule has 1 amide bonds. The van der Waals surface area contributed by atoms with Crippen molar-refractivity contribution in [2.24, 2.45) is 0 Å². The van der Waals surface area contributed by atoms with E-state index in [0.29, 0.717) is 17.0 Å². The normalized spacial score (nSPS) is 16.4. The van der Waals surface area contributed by atoms with Gasteiger partial charge in [0.2, 0.25) is 0 Å². The minimum Gasteiger partial charge on any atom is -0.508 e. The average molecular weight is 311 g/mol. The summed E-state index contributed by atoms with van der Waals surface area (Å²) in [4.78, 5) is 14.0. The number of phenolic OH excluding ortho intramolecular Hbond substituents is 1. The van der Waals surface area contributed by atoms with Gasteiger partial charge in [0.25, 0.3) is 5.91 Å². The van der Waals surface area contributed by atoms with Crippen molar-refractivity contribution in [1.29, 1.82) is 0 Å². The number of rotatable bonds is 3. The number of carbonyl (C=O) groups is 1. The highest BCUT2D eigenvalue weighted by atomic mass is 19.1. The van der Waals surface area contributed by atoms with Crippen molar-refractivity contribution in [3.8, 4) is 23.8 Å². The second-order valence-electron chi connectivity index (χ2n) is 5.22. The van der Waals surface area contributed by atoms with Gasteiger partial charge in [-0.25, -0.2) is 4.39 Å². The average Bonchev–Trinajstić information content (AvgIpc) is 2.51. The van der Waals surface area contributed by atoms with Crippen molar-refractivity contribution in [2.75, 3.05) is 11.4 Å². The van der Waals surface area contributed by atoms with E-state index in [1.807, 2.05) is 0 Å². The van der Waals surface area contributed by atoms with Gasteiger partial charge in [-0.05, 0) is 29.8 Å². The summed E-state index contributed by atoms with van der Waals surface area (Å²) in [5, 5.41) is 9.61. The molecule has 23 heavy (non-hydrogen) atoms. The van der Waals surface area contributed by atoms with Crippen LogP contribution in [-0.4, -0.2) is 23.7 Å². The summed E-state index contributed by atoms with van der Waals surface area (Å²) in [6, 6.07) is 10.5. The lowest BCUT2D eigenvalue weighted by atomic mass is 10.0. The van der Waals surface area contributed by atoms with Gasteiger partial charge in [-0.15, -0.1) is 6.42 Å². The van der Waals surface area contributed by atoms with E-state index in [1.54, 1.807) is 18.2 Å². The molecular weight excluding hydrogens is 297 g/mol. The van der Waals surface area contributed by atoms with Gasteiger partial charge in [0.15, 0.2) is 6.10 Å². The van der Waals surface area contributed by atoms with Gasteiger partial charge in [-0.1, -0.05) is 18.1 Å². The smallest absolute Gasteiger partial charge is 0.269 e. The molecule has 1 aliphatic rings. The molecule has 2 aromatic carbocycles. The van der Waals surface area contributed by atoms with Crippen LogP contribution in [0.3, 0.4) is 0 Å². The van der Waals surface area contributed by atoms with E-state index in [2.05, 4.69) is 5.92 Å². The zero-order chi connectivity index (χ0) is 16.4. The van der Waals surface area contributed by atoms with E-state index in [0.717, 1.165) is 0 Å². The lowest BCUT2D eigenvalue weighted by Gasteiger charge is -2.33. The number of aromatic hydroxyl groups is 1. The highest BCUT2D eigenvalue weighted by Crippen LogP contribution is 2.37. The molecular formula is C18H14FNO3. The first kappa shape index (κ1) is 14.9. The molecule has 1 N–H and O–H groups in total. The van der Waals surface area contributed by atoms with E-state index in [-0.39, 0.29) is 30.4 Å². The third-order valence-corrected chi connectivity index (χ3v) is 3.60. The second-order valence-corrected chi connectivity index (χ2v) is 5.22. The van der Waals surface area contributed by atoms with E-state index >= 15 is 0 Å². The summed E-state index contributed by atoms with van der Waals surface area (Å²) in [5.74, 6) is 2.19. The SMILES string of the molecule is C#CCN1C(=O)C(Cc2cccc(F)c2)Oc2cc(O)ccc21. The van der Waals surface area contributed by atoms with E-state index < -0.39 is 6.10 Å². The Morgan fingerprint density at radius 1 is 1.30 bits per heavy atom. The number of hydrogen-bond acceptors (Lipinski definition) is 3. The van der Waals surface area contributed by atoms with Gasteiger partial charge in [0, 0.05) is 12.5 Å². The summed E-state index contributed by atoms with van der Waals surface area (Å²) >= 11 is 0. The number of anilines is 1. The fourth-order valence-electron chi connectivity index (χ4n) is 2.58. The predicted molar refractivity (Wildman–Crippen MR) is 83.8 cm³/mol. The number of nitrogens with zero attached hydrogens (tertiary/aromatic N) is 1. The number of hydrogen-bond donors (Lipinski definition) is 1. The summed E-state index contributed by atoms with van der Waals surface area (Å²) in [6.45, 7) is 0.0968. The van der Waals surface area contributed by atoms with E-state index in [1.165, 1.54) is 29.2 Å². The molecule has 2 aromatic rings. The van der Waals surface area contributed by atoms with Gasteiger partial charge >= 0.3 is 0 Å². The molecule has 0 radical (unpaired) electrons. The topological polar surface area (TPSA) is 49.8 Å². The van der Waals surface area contributed by atoms with E-state index in [9.17, 15) is 14.3 Å². The quantitative estimate of drug-likeness (QED) is 0.886. The first-order valence-corrected chi connectivity index (χ1v) is 7.07. The maximum atomic E-state index is 13.3. The van der Waals surface area contributed by atoms with Gasteiger partial charge in [0.05, 0.1) is 12.2 Å². The number of ether oxygens (including phenoxy) is 1. The molecule has 0 spiro atoms. The molecule has 0 aromatic heterocycles. The Labute approximate surface area is 133 Å². The lowest BCUT2D eigenvalue weighted by Crippen LogP contribution is -2.47. The van der Waals surface area contributed by atoms with Crippen LogP contribution in [-0.2, 0) is 11.2 Å². The Hall–Kier alpha value is -3.00. The molecule has 5 heteroatoms. The first-order valence-electron chi connectivity index (χ1n) is 7.07. The van der Waals surface area contributed by atoms with Crippen molar-refractivity contribution in [3.05, 3.63) is 53.8 Å². The van der Waals surface area contributed by atoms with Crippen LogP contribution in [0.4, 0.5) is 10.1 Å².